The molecule has 34 heavy (non-hydrogen) atoms. The van der Waals surface area contributed by atoms with Crippen molar-refractivity contribution in [3.63, 3.8) is 0 Å². The Bertz CT molecular complexity index is 1160. The van der Waals surface area contributed by atoms with Crippen LogP contribution < -0.4 is 10.9 Å². The second-order valence-corrected chi connectivity index (χ2v) is 10.3. The quantitative estimate of drug-likeness (QED) is 0.540. The van der Waals surface area contributed by atoms with Crippen molar-refractivity contribution in [3.8, 4) is 0 Å². The molecule has 0 spiro atoms. The number of hydrogen-bond donors (Lipinski definition) is 2. The van der Waals surface area contributed by atoms with Crippen LogP contribution in [0.2, 0.25) is 0 Å². The fourth-order valence-electron chi connectivity index (χ4n) is 4.68. The zero-order valence-electron chi connectivity index (χ0n) is 20.5. The zero-order valence-corrected chi connectivity index (χ0v) is 20.5. The summed E-state index contributed by atoms with van der Waals surface area (Å²) in [5.74, 6) is 0. The van der Waals surface area contributed by atoms with Gasteiger partial charge >= 0.3 is 6.03 Å². The molecule has 0 bridgehead atoms. The van der Waals surface area contributed by atoms with Gasteiger partial charge in [0, 0.05) is 23.2 Å². The molecule has 1 saturated heterocycles. The Morgan fingerprint density at radius 3 is 2.41 bits per heavy atom. The molecule has 1 aliphatic heterocycles. The fraction of sp³-hybridized carbons (Fsp3) is 0.429. The Hall–Kier alpha value is -3.12. The molecule has 2 N–H and O–H groups in total. The number of amides is 2. The molecule has 0 aliphatic carbocycles. The molecular weight excluding hydrogens is 424 g/mol. The minimum Gasteiger partial charge on any atom is -0.333 e. The van der Waals surface area contributed by atoms with Gasteiger partial charge in [0.05, 0.1) is 12.6 Å². The molecule has 0 saturated carbocycles. The van der Waals surface area contributed by atoms with E-state index in [4.69, 9.17) is 0 Å². The lowest BCUT2D eigenvalue weighted by Crippen LogP contribution is -2.51. The number of rotatable bonds is 6. The van der Waals surface area contributed by atoms with Crippen molar-refractivity contribution in [1.29, 1.82) is 0 Å². The number of para-hydroxylation sites is 1. The molecule has 0 radical (unpaired) electrons. The predicted octanol–water partition coefficient (Wildman–Crippen LogP) is 5.07. The molecule has 2 amide bonds. The number of H-pyrrole nitrogens is 1. The summed E-state index contributed by atoms with van der Waals surface area (Å²) in [4.78, 5) is 33.6. The maximum absolute atomic E-state index is 13.5. The van der Waals surface area contributed by atoms with Gasteiger partial charge < -0.3 is 15.2 Å². The minimum absolute atomic E-state index is 0.0757. The van der Waals surface area contributed by atoms with E-state index >= 15 is 0 Å². The van der Waals surface area contributed by atoms with Gasteiger partial charge in [-0.25, -0.2) is 4.79 Å². The van der Waals surface area contributed by atoms with Gasteiger partial charge in [0.1, 0.15) is 0 Å². The van der Waals surface area contributed by atoms with Crippen LogP contribution in [0, 0.1) is 0 Å². The molecule has 4 rings (SSSR count). The molecule has 6 nitrogen and oxygen atoms in total. The Kier molecular flexibility index (Phi) is 7.37. The number of aromatic nitrogens is 1. The summed E-state index contributed by atoms with van der Waals surface area (Å²) in [6.45, 7) is 8.73. The topological polar surface area (TPSA) is 68.4 Å². The molecule has 3 aromatic rings. The van der Waals surface area contributed by atoms with Crippen molar-refractivity contribution in [2.45, 2.75) is 58.2 Å². The van der Waals surface area contributed by atoms with E-state index in [0.29, 0.717) is 12.1 Å². The van der Waals surface area contributed by atoms with Gasteiger partial charge in [0.25, 0.3) is 5.56 Å². The van der Waals surface area contributed by atoms with Gasteiger partial charge in [-0.05, 0) is 69.8 Å². The normalized spacial score (nSPS) is 15.7. The minimum atomic E-state index is -0.376. The highest BCUT2D eigenvalue weighted by Gasteiger charge is 2.28. The van der Waals surface area contributed by atoms with Crippen LogP contribution in [0.25, 0.3) is 10.9 Å². The highest BCUT2D eigenvalue weighted by Crippen LogP contribution is 2.26. The second kappa shape index (κ2) is 10.4. The number of carbonyl (C=O) groups excluding carboxylic acids is 1. The third kappa shape index (κ3) is 6.06. The maximum Gasteiger partial charge on any atom is 0.318 e. The van der Waals surface area contributed by atoms with Gasteiger partial charge in [-0.15, -0.1) is 0 Å². The number of piperidine rings is 1. The third-order valence-corrected chi connectivity index (χ3v) is 6.37. The molecule has 180 valence electrons. The van der Waals surface area contributed by atoms with Gasteiger partial charge in [-0.3, -0.25) is 9.69 Å². The van der Waals surface area contributed by atoms with Crippen molar-refractivity contribution in [3.05, 3.63) is 82.1 Å². The van der Waals surface area contributed by atoms with Gasteiger partial charge in [-0.1, -0.05) is 55.0 Å². The van der Waals surface area contributed by atoms with E-state index in [2.05, 4.69) is 39.5 Å². The summed E-state index contributed by atoms with van der Waals surface area (Å²) in [5.41, 5.74) is 2.07. The predicted molar refractivity (Wildman–Crippen MR) is 138 cm³/mol. The monoisotopic (exact) mass is 460 g/mol. The van der Waals surface area contributed by atoms with Gasteiger partial charge in [-0.2, -0.15) is 0 Å². The number of nitrogens with one attached hydrogen (secondary N) is 2. The molecule has 2 heterocycles. The maximum atomic E-state index is 13.5. The van der Waals surface area contributed by atoms with Gasteiger partial charge in [0.15, 0.2) is 0 Å². The Balaban J connectivity index is 1.68. The van der Waals surface area contributed by atoms with Crippen LogP contribution in [-0.4, -0.2) is 46.0 Å². The summed E-state index contributed by atoms with van der Waals surface area (Å²) >= 11 is 0. The Morgan fingerprint density at radius 2 is 1.71 bits per heavy atom. The van der Waals surface area contributed by atoms with E-state index in [1.807, 2.05) is 57.2 Å². The van der Waals surface area contributed by atoms with Crippen LogP contribution in [0.1, 0.15) is 57.2 Å². The lowest BCUT2D eigenvalue weighted by molar-refractivity contribution is 0.119. The molecular formula is C28H36N4O2. The summed E-state index contributed by atoms with van der Waals surface area (Å²) in [7, 11) is 0. The Labute approximate surface area is 202 Å². The van der Waals surface area contributed by atoms with Crippen LogP contribution in [0.3, 0.4) is 0 Å². The highest BCUT2D eigenvalue weighted by atomic mass is 16.2. The number of aromatic amines is 1. The van der Waals surface area contributed by atoms with E-state index in [0.717, 1.165) is 24.0 Å². The van der Waals surface area contributed by atoms with E-state index in [9.17, 15) is 9.59 Å². The number of carbonyl (C=O) groups is 1. The molecule has 1 aliphatic rings. The summed E-state index contributed by atoms with van der Waals surface area (Å²) in [6, 6.07) is 20.0. The van der Waals surface area contributed by atoms with E-state index in [1.165, 1.54) is 24.8 Å². The molecule has 1 atom stereocenters. The number of benzene rings is 2. The first-order valence-electron chi connectivity index (χ1n) is 12.3. The first-order chi connectivity index (χ1) is 16.3. The third-order valence-electron chi connectivity index (χ3n) is 6.37. The molecule has 1 unspecified atom stereocenters. The second-order valence-electron chi connectivity index (χ2n) is 10.3. The van der Waals surface area contributed by atoms with Crippen LogP contribution in [0.15, 0.2) is 65.5 Å². The van der Waals surface area contributed by atoms with E-state index < -0.39 is 0 Å². The fourth-order valence-corrected chi connectivity index (χ4v) is 4.68. The van der Waals surface area contributed by atoms with Gasteiger partial charge in [0.2, 0.25) is 0 Å². The molecule has 6 heteroatoms. The van der Waals surface area contributed by atoms with Crippen LogP contribution in [0.5, 0.6) is 0 Å². The number of likely N-dealkylation sites (tertiary alicyclic amines) is 1. The van der Waals surface area contributed by atoms with Crippen molar-refractivity contribution in [1.82, 2.24) is 20.1 Å². The molecule has 1 fully saturated rings. The zero-order chi connectivity index (χ0) is 24.1. The Morgan fingerprint density at radius 1 is 1.03 bits per heavy atom. The lowest BCUT2D eigenvalue weighted by Gasteiger charge is -2.38. The van der Waals surface area contributed by atoms with Crippen molar-refractivity contribution in [2.24, 2.45) is 0 Å². The first kappa shape index (κ1) is 24.0. The van der Waals surface area contributed by atoms with Crippen molar-refractivity contribution in [2.75, 3.05) is 19.6 Å². The van der Waals surface area contributed by atoms with E-state index in [-0.39, 0.29) is 29.7 Å². The van der Waals surface area contributed by atoms with Crippen molar-refractivity contribution < 1.29 is 4.79 Å². The number of pyridine rings is 1. The SMILES string of the molecule is CC(C)(C)NC(=O)N(Cc1cc2ccccc2[nH]c1=O)CC(c1ccccc1)N1CCCCC1. The highest BCUT2D eigenvalue weighted by molar-refractivity contribution is 5.79. The molecule has 1 aromatic heterocycles. The van der Waals surface area contributed by atoms with E-state index in [1.54, 1.807) is 4.90 Å². The molecule has 2 aromatic carbocycles. The average molecular weight is 461 g/mol. The summed E-state index contributed by atoms with van der Waals surface area (Å²) in [6.07, 6.45) is 3.59. The number of nitrogens with zero attached hydrogens (tertiary/aromatic N) is 2. The van der Waals surface area contributed by atoms with Crippen LogP contribution in [0.4, 0.5) is 4.79 Å². The number of fused-ring (bicyclic) bond motifs is 1. The summed E-state index contributed by atoms with van der Waals surface area (Å²) in [5, 5.41) is 4.07. The van der Waals surface area contributed by atoms with Crippen LogP contribution >= 0.6 is 0 Å². The number of hydrogen-bond acceptors (Lipinski definition) is 3. The van der Waals surface area contributed by atoms with Crippen molar-refractivity contribution >= 4 is 16.9 Å². The summed E-state index contributed by atoms with van der Waals surface area (Å²) < 4.78 is 0. The standard InChI is InChI=1S/C28H36N4O2/c1-28(2,3)30-27(34)32(19-23-18-22-14-8-9-15-24(22)29-26(23)33)20-25(21-12-6-4-7-13-21)31-16-10-5-11-17-31/h4,6-9,12-15,18,25H,5,10-11,16-17,19-20H2,1-3H3,(H,29,33)(H,30,34). The first-order valence-corrected chi connectivity index (χ1v) is 12.3. The smallest absolute Gasteiger partial charge is 0.318 e. The largest absolute Gasteiger partial charge is 0.333 e. The van der Waals surface area contributed by atoms with Crippen LogP contribution in [-0.2, 0) is 6.54 Å². The number of urea groups is 1. The average Bonchev–Trinajstić information content (AvgIpc) is 2.82. The lowest BCUT2D eigenvalue weighted by atomic mass is 10.0.